The molecule has 1 saturated heterocycles. The van der Waals surface area contributed by atoms with Crippen molar-refractivity contribution in [2.24, 2.45) is 0 Å². The van der Waals surface area contributed by atoms with Crippen molar-refractivity contribution in [2.45, 2.75) is 38.8 Å². The summed E-state index contributed by atoms with van der Waals surface area (Å²) >= 11 is 0. The Bertz CT molecular complexity index is 1100. The summed E-state index contributed by atoms with van der Waals surface area (Å²) in [6.07, 6.45) is -3.66. The molecule has 0 radical (unpaired) electrons. The second-order valence-electron chi connectivity index (χ2n) is 7.20. The van der Waals surface area contributed by atoms with Gasteiger partial charge in [0.25, 0.3) is 0 Å². The highest BCUT2D eigenvalue weighted by molar-refractivity contribution is 5.87. The van der Waals surface area contributed by atoms with E-state index in [0.717, 1.165) is 0 Å². The molecule has 3 aromatic rings. The van der Waals surface area contributed by atoms with Gasteiger partial charge in [-0.05, 0) is 38.8 Å². The van der Waals surface area contributed by atoms with E-state index in [9.17, 15) is 22.0 Å². The van der Waals surface area contributed by atoms with Crippen molar-refractivity contribution in [3.8, 4) is 11.3 Å². The van der Waals surface area contributed by atoms with Crippen molar-refractivity contribution in [3.63, 3.8) is 0 Å². The second-order valence-corrected chi connectivity index (χ2v) is 7.20. The van der Waals surface area contributed by atoms with Gasteiger partial charge in [-0.25, -0.2) is 28.7 Å². The van der Waals surface area contributed by atoms with Crippen LogP contribution in [0.2, 0.25) is 0 Å². The minimum Gasteiger partial charge on any atom is -0.381 e. The molecule has 1 fully saturated rings. The number of ether oxygens (including phenoxy) is 1. The van der Waals surface area contributed by atoms with Crippen LogP contribution in [0.15, 0.2) is 12.1 Å². The van der Waals surface area contributed by atoms with Crippen molar-refractivity contribution >= 4 is 11.2 Å². The van der Waals surface area contributed by atoms with E-state index in [1.54, 1.807) is 13.8 Å². The highest BCUT2D eigenvalue weighted by atomic mass is 19.4. The zero-order valence-corrected chi connectivity index (χ0v) is 16.1. The molecule has 158 valence electrons. The van der Waals surface area contributed by atoms with E-state index in [-0.39, 0.29) is 34.9 Å². The normalized spacial score (nSPS) is 15.7. The Labute approximate surface area is 168 Å². The summed E-state index contributed by atoms with van der Waals surface area (Å²) in [7, 11) is 0. The fourth-order valence-electron chi connectivity index (χ4n) is 3.40. The number of alkyl halides is 3. The van der Waals surface area contributed by atoms with E-state index in [1.807, 2.05) is 0 Å². The van der Waals surface area contributed by atoms with Crippen molar-refractivity contribution in [2.75, 3.05) is 13.2 Å². The van der Waals surface area contributed by atoms with Crippen LogP contribution < -0.4 is 0 Å². The van der Waals surface area contributed by atoms with Crippen LogP contribution in [0, 0.1) is 25.5 Å². The van der Waals surface area contributed by atoms with Crippen LogP contribution in [0.3, 0.4) is 0 Å². The van der Waals surface area contributed by atoms with Crippen LogP contribution in [0.4, 0.5) is 22.0 Å². The van der Waals surface area contributed by atoms with Gasteiger partial charge in [-0.2, -0.15) is 13.2 Å². The zero-order valence-electron chi connectivity index (χ0n) is 16.1. The van der Waals surface area contributed by atoms with Crippen molar-refractivity contribution in [3.05, 3.63) is 46.5 Å². The average molecular weight is 424 g/mol. The number of aryl methyl sites for hydroxylation is 2. The molecule has 0 saturated carbocycles. The fourth-order valence-corrected chi connectivity index (χ4v) is 3.40. The molecule has 0 bridgehead atoms. The molecule has 2 aromatic heterocycles. The van der Waals surface area contributed by atoms with Crippen LogP contribution in [0.25, 0.3) is 22.4 Å². The lowest BCUT2D eigenvalue weighted by Gasteiger charge is -2.21. The average Bonchev–Trinajstić information content (AvgIpc) is 2.68. The molecule has 4 rings (SSSR count). The highest BCUT2D eigenvalue weighted by Crippen LogP contribution is 2.37. The monoisotopic (exact) mass is 424 g/mol. The third kappa shape index (κ3) is 3.71. The molecule has 1 aromatic carbocycles. The van der Waals surface area contributed by atoms with Crippen LogP contribution in [0.5, 0.6) is 0 Å². The van der Waals surface area contributed by atoms with Gasteiger partial charge < -0.3 is 4.74 Å². The first-order chi connectivity index (χ1) is 14.1. The topological polar surface area (TPSA) is 60.8 Å². The molecule has 0 atom stereocenters. The van der Waals surface area contributed by atoms with Gasteiger partial charge in [0.15, 0.2) is 5.65 Å². The second kappa shape index (κ2) is 7.50. The van der Waals surface area contributed by atoms with Crippen LogP contribution in [-0.4, -0.2) is 33.1 Å². The third-order valence-corrected chi connectivity index (χ3v) is 5.15. The Hall–Kier alpha value is -2.75. The summed E-state index contributed by atoms with van der Waals surface area (Å²) in [4.78, 5) is 17.5. The molecule has 1 aliphatic rings. The Kier molecular flexibility index (Phi) is 5.13. The maximum Gasteiger partial charge on any atom is 0.416 e. The molecule has 1 aliphatic heterocycles. The lowest BCUT2D eigenvalue weighted by atomic mass is 9.98. The summed E-state index contributed by atoms with van der Waals surface area (Å²) in [6.45, 7) is 4.36. The highest BCUT2D eigenvalue weighted by Gasteiger charge is 2.34. The molecular weight excluding hydrogens is 407 g/mol. The quantitative estimate of drug-likeness (QED) is 0.548. The largest absolute Gasteiger partial charge is 0.416 e. The van der Waals surface area contributed by atoms with Gasteiger partial charge in [-0.1, -0.05) is 0 Å². The standard InChI is InChI=1S/C20H17F5N4O/c1-9-10(2)27-19-17(26-9)16(28-18(29-19)11-3-5-30-6-4-11)15-13(21)7-12(8-14(15)22)20(23,24)25/h7-8,11H,3-6H2,1-2H3. The predicted octanol–water partition coefficient (Wildman–Crippen LogP) is 4.89. The van der Waals surface area contributed by atoms with Crippen molar-refractivity contribution < 1.29 is 26.7 Å². The van der Waals surface area contributed by atoms with Gasteiger partial charge in [-0.15, -0.1) is 0 Å². The maximum atomic E-state index is 14.7. The number of hydrogen-bond donors (Lipinski definition) is 0. The molecule has 30 heavy (non-hydrogen) atoms. The van der Waals surface area contributed by atoms with Crippen LogP contribution >= 0.6 is 0 Å². The zero-order chi connectivity index (χ0) is 21.6. The molecule has 3 heterocycles. The molecule has 5 nitrogen and oxygen atoms in total. The van der Waals surface area contributed by atoms with Gasteiger partial charge >= 0.3 is 6.18 Å². The van der Waals surface area contributed by atoms with E-state index in [2.05, 4.69) is 19.9 Å². The Balaban J connectivity index is 1.98. The van der Waals surface area contributed by atoms with E-state index in [4.69, 9.17) is 4.74 Å². The van der Waals surface area contributed by atoms with Gasteiger partial charge in [-0.3, -0.25) is 0 Å². The summed E-state index contributed by atoms with van der Waals surface area (Å²) in [5.41, 5.74) is -1.04. The number of fused-ring (bicyclic) bond motifs is 1. The minimum absolute atomic E-state index is 0.0338. The maximum absolute atomic E-state index is 14.7. The van der Waals surface area contributed by atoms with Crippen molar-refractivity contribution in [1.29, 1.82) is 0 Å². The molecular formula is C20H17F5N4O. The molecule has 0 unspecified atom stereocenters. The molecule has 0 aliphatic carbocycles. The van der Waals surface area contributed by atoms with E-state index >= 15 is 0 Å². The van der Waals surface area contributed by atoms with Gasteiger partial charge in [0.05, 0.1) is 22.5 Å². The van der Waals surface area contributed by atoms with E-state index in [1.165, 1.54) is 0 Å². The summed E-state index contributed by atoms with van der Waals surface area (Å²) in [5, 5.41) is 0. The number of benzene rings is 1. The lowest BCUT2D eigenvalue weighted by molar-refractivity contribution is -0.138. The van der Waals surface area contributed by atoms with E-state index < -0.39 is 28.9 Å². The summed E-state index contributed by atoms with van der Waals surface area (Å²) < 4.78 is 73.7. The molecule has 10 heteroatoms. The molecule has 0 N–H and O–H groups in total. The minimum atomic E-state index is -4.88. The predicted molar refractivity (Wildman–Crippen MR) is 97.8 cm³/mol. The number of hydrogen-bond acceptors (Lipinski definition) is 5. The summed E-state index contributed by atoms with van der Waals surface area (Å²) in [5.74, 6) is -2.55. The fraction of sp³-hybridized carbons (Fsp3) is 0.400. The SMILES string of the molecule is Cc1nc2nc(C3CCOCC3)nc(-c3c(F)cc(C(F)(F)F)cc3F)c2nc1C. The first-order valence-electron chi connectivity index (χ1n) is 9.32. The Morgan fingerprint density at radius 3 is 2.10 bits per heavy atom. The third-order valence-electron chi connectivity index (χ3n) is 5.15. The van der Waals surface area contributed by atoms with Gasteiger partial charge in [0.1, 0.15) is 28.7 Å². The molecule has 0 amide bonds. The number of nitrogens with zero attached hydrogens (tertiary/aromatic N) is 4. The van der Waals surface area contributed by atoms with Gasteiger partial charge in [0.2, 0.25) is 0 Å². The number of rotatable bonds is 2. The first kappa shape index (κ1) is 20.5. The number of aromatic nitrogens is 4. The number of halogens is 5. The van der Waals surface area contributed by atoms with Crippen LogP contribution in [0.1, 0.15) is 41.5 Å². The van der Waals surface area contributed by atoms with Crippen LogP contribution in [-0.2, 0) is 10.9 Å². The Morgan fingerprint density at radius 1 is 0.900 bits per heavy atom. The first-order valence-corrected chi connectivity index (χ1v) is 9.32. The van der Waals surface area contributed by atoms with Gasteiger partial charge in [0, 0.05) is 19.1 Å². The lowest BCUT2D eigenvalue weighted by Crippen LogP contribution is -2.17. The van der Waals surface area contributed by atoms with Crippen molar-refractivity contribution in [1.82, 2.24) is 19.9 Å². The summed E-state index contributed by atoms with van der Waals surface area (Å²) in [6, 6.07) is 0.518. The Morgan fingerprint density at radius 2 is 1.50 bits per heavy atom. The van der Waals surface area contributed by atoms with E-state index in [0.29, 0.717) is 43.3 Å². The smallest absolute Gasteiger partial charge is 0.381 e. The molecule has 0 spiro atoms.